The third-order valence-electron chi connectivity index (χ3n) is 3.16. The molecule has 1 aliphatic heterocycles. The van der Waals surface area contributed by atoms with Gasteiger partial charge >= 0.3 is 0 Å². The first-order chi connectivity index (χ1) is 12.9. The number of rotatable bonds is 1. The molecule has 0 saturated carbocycles. The number of nitriles is 2. The van der Waals surface area contributed by atoms with Crippen LogP contribution in [-0.2, 0) is 0 Å². The lowest BCUT2D eigenvalue weighted by molar-refractivity contribution is 0.0722. The van der Waals surface area contributed by atoms with E-state index in [1.54, 1.807) is 48.5 Å². The highest BCUT2D eigenvalue weighted by atomic mass is 16.3. The third-order valence-corrected chi connectivity index (χ3v) is 3.16. The molecule has 0 fully saturated rings. The summed E-state index contributed by atoms with van der Waals surface area (Å²) in [4.78, 5) is 24.0. The molecule has 1 aliphatic rings. The van der Waals surface area contributed by atoms with Crippen LogP contribution in [0.3, 0.4) is 0 Å². The van der Waals surface area contributed by atoms with Gasteiger partial charge in [-0.25, -0.2) is 4.90 Å². The Labute approximate surface area is 155 Å². The van der Waals surface area contributed by atoms with E-state index in [0.717, 1.165) is 4.90 Å². The molecule has 2 aromatic rings. The Balaban J connectivity index is 0.000000224. The number of hydrogen-bond donors (Lipinski definition) is 2. The van der Waals surface area contributed by atoms with Crippen LogP contribution in [0.4, 0.5) is 0 Å². The monoisotopic (exact) mass is 361 g/mol. The second-order valence-electron chi connectivity index (χ2n) is 4.90. The molecular weight excluding hydrogens is 346 g/mol. The minimum Gasteiger partial charge on any atom is -0.504 e. The first kappa shape index (κ1) is 20.7. The van der Waals surface area contributed by atoms with Crippen molar-refractivity contribution in [2.24, 2.45) is 0 Å². The summed E-state index contributed by atoms with van der Waals surface area (Å²) < 4.78 is 0. The van der Waals surface area contributed by atoms with E-state index in [1.165, 1.54) is 18.3 Å². The van der Waals surface area contributed by atoms with Crippen molar-refractivity contribution >= 4 is 11.8 Å². The summed E-state index contributed by atoms with van der Waals surface area (Å²) in [5.74, 6) is -0.744. The number of para-hydroxylation sites is 2. The minimum atomic E-state index is -0.296. The zero-order valence-electron chi connectivity index (χ0n) is 14.2. The summed E-state index contributed by atoms with van der Waals surface area (Å²) in [6.45, 7) is 6.48. The molecule has 3 rings (SSSR count). The van der Waals surface area contributed by atoms with Gasteiger partial charge in [0.2, 0.25) is 0 Å². The van der Waals surface area contributed by atoms with E-state index in [1.807, 2.05) is 0 Å². The summed E-state index contributed by atoms with van der Waals surface area (Å²) in [7, 11) is 0. The number of nitrogens with zero attached hydrogens (tertiary/aromatic N) is 3. The van der Waals surface area contributed by atoms with E-state index >= 15 is 0 Å². The Hall–Kier alpha value is -4.36. The first-order valence-electron chi connectivity index (χ1n) is 7.42. The molecule has 0 saturated heterocycles. The van der Waals surface area contributed by atoms with E-state index in [9.17, 15) is 9.59 Å². The number of allylic oxidation sites excluding steroid dienone is 1. The van der Waals surface area contributed by atoms with Crippen LogP contribution in [0.2, 0.25) is 0 Å². The van der Waals surface area contributed by atoms with Gasteiger partial charge in [-0.2, -0.15) is 10.5 Å². The van der Waals surface area contributed by atoms with Crippen molar-refractivity contribution < 1.29 is 19.8 Å². The van der Waals surface area contributed by atoms with Crippen LogP contribution in [0.15, 0.2) is 73.5 Å². The Kier molecular flexibility index (Phi) is 7.52. The Morgan fingerprint density at radius 2 is 1.26 bits per heavy atom. The molecule has 27 heavy (non-hydrogen) atoms. The van der Waals surface area contributed by atoms with Gasteiger partial charge in [0.25, 0.3) is 11.8 Å². The van der Waals surface area contributed by atoms with Crippen LogP contribution < -0.4 is 0 Å². The first-order valence-corrected chi connectivity index (χ1v) is 7.42. The molecule has 0 spiro atoms. The lowest BCUT2D eigenvalue weighted by Crippen LogP contribution is -2.22. The molecule has 134 valence electrons. The average molecular weight is 361 g/mol. The van der Waals surface area contributed by atoms with Gasteiger partial charge in [-0.05, 0) is 24.3 Å². The molecule has 7 heteroatoms. The molecule has 1 heterocycles. The van der Waals surface area contributed by atoms with Gasteiger partial charge in [0.1, 0.15) is 17.7 Å². The molecule has 0 atom stereocenters. The third kappa shape index (κ3) is 5.31. The number of aromatic hydroxyl groups is 2. The zero-order chi connectivity index (χ0) is 20.4. The van der Waals surface area contributed by atoms with E-state index in [0.29, 0.717) is 11.1 Å². The van der Waals surface area contributed by atoms with Crippen molar-refractivity contribution in [3.8, 4) is 23.6 Å². The topological polar surface area (TPSA) is 125 Å². The molecule has 0 radical (unpaired) electrons. The molecule has 7 nitrogen and oxygen atoms in total. The highest BCUT2D eigenvalue weighted by molar-refractivity contribution is 6.21. The van der Waals surface area contributed by atoms with Gasteiger partial charge in [-0.1, -0.05) is 37.4 Å². The highest BCUT2D eigenvalue weighted by Gasteiger charge is 2.32. The molecule has 0 aromatic heterocycles. The van der Waals surface area contributed by atoms with Crippen molar-refractivity contribution in [3.05, 3.63) is 84.6 Å². The quantitative estimate of drug-likeness (QED) is 0.457. The number of imide groups is 1. The maximum atomic E-state index is 11.5. The predicted octanol–water partition coefficient (Wildman–Crippen LogP) is 3.11. The van der Waals surface area contributed by atoms with Crippen LogP contribution in [-0.4, -0.2) is 26.9 Å². The smallest absolute Gasteiger partial charge is 0.265 e. The largest absolute Gasteiger partial charge is 0.504 e. The van der Waals surface area contributed by atoms with Crippen molar-refractivity contribution in [2.75, 3.05) is 0 Å². The van der Waals surface area contributed by atoms with Crippen LogP contribution >= 0.6 is 0 Å². The SMILES string of the molecule is C=C(C#N)C#N.C=CN1C(=O)c2ccccc2C1=O.Oc1ccccc1O. The van der Waals surface area contributed by atoms with Crippen molar-refractivity contribution in [3.63, 3.8) is 0 Å². The molecular formula is C20H15N3O4. The number of carbonyl (C=O) groups excluding carboxylic acids is 2. The minimum absolute atomic E-state index is 0.0463. The Morgan fingerprint density at radius 3 is 1.52 bits per heavy atom. The van der Waals surface area contributed by atoms with E-state index in [2.05, 4.69) is 13.2 Å². The van der Waals surface area contributed by atoms with Gasteiger partial charge in [-0.3, -0.25) is 9.59 Å². The number of benzene rings is 2. The fraction of sp³-hybridized carbons (Fsp3) is 0. The lowest BCUT2D eigenvalue weighted by Gasteiger charge is -2.04. The molecule has 0 bridgehead atoms. The predicted molar refractivity (Wildman–Crippen MR) is 97.3 cm³/mol. The summed E-state index contributed by atoms with van der Waals surface area (Å²) in [5.41, 5.74) is 0.856. The van der Waals surface area contributed by atoms with E-state index in [4.69, 9.17) is 20.7 Å². The number of hydrogen-bond acceptors (Lipinski definition) is 6. The van der Waals surface area contributed by atoms with Crippen molar-refractivity contribution in [2.45, 2.75) is 0 Å². The number of amides is 2. The molecule has 0 unspecified atom stereocenters. The van der Waals surface area contributed by atoms with Gasteiger partial charge in [0.15, 0.2) is 11.5 Å². The summed E-state index contributed by atoms with van der Waals surface area (Å²) in [5, 5.41) is 32.9. The van der Waals surface area contributed by atoms with Gasteiger partial charge in [-0.15, -0.1) is 0 Å². The van der Waals surface area contributed by atoms with Gasteiger partial charge in [0.05, 0.1) is 11.1 Å². The molecule has 2 aromatic carbocycles. The van der Waals surface area contributed by atoms with E-state index < -0.39 is 0 Å². The molecule has 2 amide bonds. The lowest BCUT2D eigenvalue weighted by atomic mass is 10.1. The van der Waals surface area contributed by atoms with Crippen LogP contribution in [0, 0.1) is 22.7 Å². The maximum absolute atomic E-state index is 11.5. The summed E-state index contributed by atoms with van der Waals surface area (Å²) in [6.07, 6.45) is 1.24. The Bertz CT molecular complexity index is 896. The number of fused-ring (bicyclic) bond motifs is 1. The second-order valence-corrected chi connectivity index (χ2v) is 4.90. The Morgan fingerprint density at radius 1 is 0.889 bits per heavy atom. The summed E-state index contributed by atoms with van der Waals surface area (Å²) in [6, 6.07) is 16.0. The molecule has 0 aliphatic carbocycles. The molecule has 2 N–H and O–H groups in total. The highest BCUT2D eigenvalue weighted by Crippen LogP contribution is 2.22. The fourth-order valence-corrected chi connectivity index (χ4v) is 1.86. The van der Waals surface area contributed by atoms with Gasteiger partial charge in [0, 0.05) is 6.20 Å². The van der Waals surface area contributed by atoms with Crippen LogP contribution in [0.5, 0.6) is 11.5 Å². The van der Waals surface area contributed by atoms with Crippen molar-refractivity contribution in [1.29, 1.82) is 10.5 Å². The normalized spacial score (nSPS) is 10.8. The number of phenols is 2. The van der Waals surface area contributed by atoms with Gasteiger partial charge < -0.3 is 10.2 Å². The van der Waals surface area contributed by atoms with Crippen LogP contribution in [0.1, 0.15) is 20.7 Å². The zero-order valence-corrected chi connectivity index (χ0v) is 14.2. The van der Waals surface area contributed by atoms with Crippen LogP contribution in [0.25, 0.3) is 0 Å². The fourth-order valence-electron chi connectivity index (χ4n) is 1.86. The van der Waals surface area contributed by atoms with E-state index in [-0.39, 0.29) is 28.9 Å². The summed E-state index contributed by atoms with van der Waals surface area (Å²) >= 11 is 0. The second kappa shape index (κ2) is 9.82. The number of phenolic OH excluding ortho intramolecular Hbond substituents is 2. The standard InChI is InChI=1S/C10H7NO2.C6H6O2.C4H2N2/c1-2-11-9(12)7-5-3-4-6-8(7)10(11)13;7-5-3-1-2-4-6(5)8;1-4(2-5)3-6/h2-6H,1H2;1-4,7-8H;1H2. The average Bonchev–Trinajstić information content (AvgIpc) is 2.95. The number of carbonyl (C=O) groups is 2. The van der Waals surface area contributed by atoms with Crippen molar-refractivity contribution in [1.82, 2.24) is 4.90 Å². The maximum Gasteiger partial charge on any atom is 0.265 e.